The van der Waals surface area contributed by atoms with Crippen LogP contribution in [0.5, 0.6) is 5.75 Å². The van der Waals surface area contributed by atoms with E-state index in [-0.39, 0.29) is 16.6 Å². The number of ether oxygens (including phenoxy) is 1. The van der Waals surface area contributed by atoms with Gasteiger partial charge in [0, 0.05) is 12.2 Å². The molecule has 1 N–H and O–H groups in total. The Bertz CT molecular complexity index is 1160. The fourth-order valence-electron chi connectivity index (χ4n) is 3.29. The first-order valence-corrected chi connectivity index (χ1v) is 11.6. The summed E-state index contributed by atoms with van der Waals surface area (Å²) in [6.45, 7) is 0.0102. The second-order valence-corrected chi connectivity index (χ2v) is 9.76. The van der Waals surface area contributed by atoms with Gasteiger partial charge in [0.15, 0.2) is 18.2 Å². The number of fused-ring (bicyclic) bond motifs is 1. The number of aryl methyl sites for hydroxylation is 1. The Morgan fingerprint density at radius 3 is 2.77 bits per heavy atom. The van der Waals surface area contributed by atoms with E-state index < -0.39 is 21.7 Å². The molecule has 1 aromatic heterocycles. The lowest BCUT2D eigenvalue weighted by Gasteiger charge is -2.30. The van der Waals surface area contributed by atoms with E-state index in [0.29, 0.717) is 17.9 Å². The van der Waals surface area contributed by atoms with Crippen LogP contribution in [0.4, 0.5) is 15.8 Å². The summed E-state index contributed by atoms with van der Waals surface area (Å²) >= 11 is 1.17. The van der Waals surface area contributed by atoms with Gasteiger partial charge in [-0.1, -0.05) is 24.3 Å². The monoisotopic (exact) mass is 446 g/mol. The van der Waals surface area contributed by atoms with E-state index in [1.807, 2.05) is 6.07 Å². The van der Waals surface area contributed by atoms with Crippen molar-refractivity contribution < 1.29 is 22.3 Å². The van der Waals surface area contributed by atoms with Crippen LogP contribution in [0.3, 0.4) is 0 Å². The molecule has 1 aliphatic heterocycles. The van der Waals surface area contributed by atoms with Crippen molar-refractivity contribution in [2.75, 3.05) is 22.8 Å². The number of benzene rings is 2. The Labute approximate surface area is 178 Å². The smallest absolute Gasteiger partial charge is 0.273 e. The molecule has 1 aliphatic rings. The van der Waals surface area contributed by atoms with Crippen LogP contribution in [0.1, 0.15) is 12.0 Å². The van der Waals surface area contributed by atoms with Crippen LogP contribution in [0, 0.1) is 5.82 Å². The van der Waals surface area contributed by atoms with Crippen molar-refractivity contribution >= 4 is 38.6 Å². The van der Waals surface area contributed by atoms with Gasteiger partial charge < -0.3 is 10.1 Å². The molecule has 4 rings (SSSR count). The molecular weight excluding hydrogens is 427 g/mol. The van der Waals surface area contributed by atoms with Crippen LogP contribution in [0.2, 0.25) is 0 Å². The molecule has 6 nitrogen and oxygen atoms in total. The summed E-state index contributed by atoms with van der Waals surface area (Å²) in [5.74, 6) is -1.03. The topological polar surface area (TPSA) is 75.7 Å². The number of hydrogen-bond acceptors (Lipinski definition) is 5. The predicted octanol–water partition coefficient (Wildman–Crippen LogP) is 4.05. The molecule has 3 aromatic rings. The van der Waals surface area contributed by atoms with Gasteiger partial charge in [-0.3, -0.25) is 9.10 Å². The van der Waals surface area contributed by atoms with Crippen molar-refractivity contribution in [2.45, 2.75) is 17.1 Å². The highest BCUT2D eigenvalue weighted by Gasteiger charge is 2.30. The van der Waals surface area contributed by atoms with Crippen molar-refractivity contribution in [3.63, 3.8) is 0 Å². The molecule has 9 heteroatoms. The van der Waals surface area contributed by atoms with Crippen molar-refractivity contribution in [2.24, 2.45) is 0 Å². The summed E-state index contributed by atoms with van der Waals surface area (Å²) in [7, 11) is -3.66. The van der Waals surface area contributed by atoms with Gasteiger partial charge in [-0.15, -0.1) is 11.3 Å². The number of nitrogens with zero attached hydrogens (tertiary/aromatic N) is 1. The summed E-state index contributed by atoms with van der Waals surface area (Å²) in [6, 6.07) is 14.3. The van der Waals surface area contributed by atoms with Crippen molar-refractivity contribution in [3.8, 4) is 5.75 Å². The third kappa shape index (κ3) is 4.17. The predicted molar refractivity (Wildman–Crippen MR) is 114 cm³/mol. The van der Waals surface area contributed by atoms with Gasteiger partial charge in [-0.25, -0.2) is 12.8 Å². The standard InChI is InChI=1S/C21H19FN2O4S2/c22-17-6-1-2-7-19(17)28-14-20(25)23-16-10-9-15-5-3-11-24(18(15)13-16)30(26,27)21-8-4-12-29-21/h1-2,4,6-10,12-13H,3,5,11,14H2,(H,23,25). The van der Waals surface area contributed by atoms with E-state index in [1.165, 1.54) is 33.8 Å². The number of anilines is 2. The Hall–Kier alpha value is -2.91. The average Bonchev–Trinajstić information content (AvgIpc) is 3.28. The van der Waals surface area contributed by atoms with Gasteiger partial charge in [0.05, 0.1) is 5.69 Å². The fourth-order valence-corrected chi connectivity index (χ4v) is 5.93. The number of hydrogen-bond donors (Lipinski definition) is 1. The summed E-state index contributed by atoms with van der Waals surface area (Å²) < 4.78 is 46.6. The Morgan fingerprint density at radius 1 is 1.17 bits per heavy atom. The highest BCUT2D eigenvalue weighted by Crippen LogP contribution is 2.35. The van der Waals surface area contributed by atoms with Gasteiger partial charge in [0.1, 0.15) is 4.21 Å². The van der Waals surface area contributed by atoms with E-state index in [4.69, 9.17) is 4.74 Å². The highest BCUT2D eigenvalue weighted by atomic mass is 32.2. The maximum Gasteiger partial charge on any atom is 0.273 e. The molecule has 0 unspecified atom stereocenters. The van der Waals surface area contributed by atoms with E-state index in [1.54, 1.807) is 35.7 Å². The summed E-state index contributed by atoms with van der Waals surface area (Å²) in [5, 5.41) is 4.41. The quantitative estimate of drug-likeness (QED) is 0.620. The summed E-state index contributed by atoms with van der Waals surface area (Å²) in [4.78, 5) is 12.2. The molecule has 0 atom stereocenters. The van der Waals surface area contributed by atoms with Crippen LogP contribution in [0.25, 0.3) is 0 Å². The second kappa shape index (κ2) is 8.45. The van der Waals surface area contributed by atoms with Gasteiger partial charge in [-0.05, 0) is 54.1 Å². The molecule has 0 aliphatic carbocycles. The number of amides is 1. The molecule has 2 heterocycles. The second-order valence-electron chi connectivity index (χ2n) is 6.72. The Kier molecular flexibility index (Phi) is 5.74. The number of nitrogens with one attached hydrogen (secondary N) is 1. The minimum atomic E-state index is -3.66. The number of halogens is 1. The van der Waals surface area contributed by atoms with Crippen molar-refractivity contribution in [1.29, 1.82) is 0 Å². The van der Waals surface area contributed by atoms with Crippen LogP contribution >= 0.6 is 11.3 Å². The van der Waals surface area contributed by atoms with Gasteiger partial charge >= 0.3 is 0 Å². The third-order valence-electron chi connectivity index (χ3n) is 4.68. The maximum atomic E-state index is 13.6. The number of rotatable bonds is 6. The van der Waals surface area contributed by atoms with Gasteiger partial charge in [-0.2, -0.15) is 0 Å². The number of para-hydroxylation sites is 1. The number of carbonyl (C=O) groups excluding carboxylic acids is 1. The SMILES string of the molecule is O=C(COc1ccccc1F)Nc1ccc2c(c1)N(S(=O)(=O)c1cccs1)CCC2. The summed E-state index contributed by atoms with van der Waals surface area (Å²) in [5.41, 5.74) is 1.91. The third-order valence-corrected chi connectivity index (χ3v) is 7.87. The number of sulfonamides is 1. The van der Waals surface area contributed by atoms with Gasteiger partial charge in [0.25, 0.3) is 15.9 Å². The average molecular weight is 447 g/mol. The first-order valence-electron chi connectivity index (χ1n) is 9.31. The first kappa shape index (κ1) is 20.4. The number of thiophene rings is 1. The molecule has 2 aromatic carbocycles. The zero-order chi connectivity index (χ0) is 21.1. The Balaban J connectivity index is 1.51. The lowest BCUT2D eigenvalue weighted by molar-refractivity contribution is -0.118. The minimum Gasteiger partial charge on any atom is -0.481 e. The first-order chi connectivity index (χ1) is 14.4. The summed E-state index contributed by atoms with van der Waals surface area (Å²) in [6.07, 6.45) is 1.48. The molecule has 156 valence electrons. The van der Waals surface area contributed by atoms with Crippen molar-refractivity contribution in [3.05, 3.63) is 71.4 Å². The van der Waals surface area contributed by atoms with E-state index in [0.717, 1.165) is 18.4 Å². The Morgan fingerprint density at radius 2 is 2.00 bits per heavy atom. The van der Waals surface area contributed by atoms with Crippen LogP contribution in [-0.2, 0) is 21.2 Å². The van der Waals surface area contributed by atoms with Gasteiger partial charge in [0.2, 0.25) is 0 Å². The molecule has 0 saturated carbocycles. The molecule has 0 bridgehead atoms. The fraction of sp³-hybridized carbons (Fsp3) is 0.190. The normalized spacial score (nSPS) is 13.6. The molecule has 0 spiro atoms. The molecule has 0 saturated heterocycles. The molecule has 0 fully saturated rings. The van der Waals surface area contributed by atoms with E-state index in [2.05, 4.69) is 5.32 Å². The largest absolute Gasteiger partial charge is 0.481 e. The van der Waals surface area contributed by atoms with Crippen LogP contribution < -0.4 is 14.4 Å². The number of carbonyl (C=O) groups is 1. The van der Waals surface area contributed by atoms with Crippen LogP contribution in [0.15, 0.2) is 64.2 Å². The minimum absolute atomic E-state index is 0.00805. The molecule has 1 amide bonds. The highest BCUT2D eigenvalue weighted by molar-refractivity contribution is 7.94. The molecule has 0 radical (unpaired) electrons. The molecular formula is C21H19FN2O4S2. The van der Waals surface area contributed by atoms with Crippen LogP contribution in [-0.4, -0.2) is 27.5 Å². The van der Waals surface area contributed by atoms with E-state index >= 15 is 0 Å². The molecule has 30 heavy (non-hydrogen) atoms. The maximum absolute atomic E-state index is 13.6. The lowest BCUT2D eigenvalue weighted by Crippen LogP contribution is -2.35. The van der Waals surface area contributed by atoms with E-state index in [9.17, 15) is 17.6 Å². The van der Waals surface area contributed by atoms with Crippen molar-refractivity contribution in [1.82, 2.24) is 0 Å². The lowest BCUT2D eigenvalue weighted by atomic mass is 10.0. The zero-order valence-electron chi connectivity index (χ0n) is 15.9. The zero-order valence-corrected chi connectivity index (χ0v) is 17.5.